The first-order valence-electron chi connectivity index (χ1n) is 8.22. The predicted molar refractivity (Wildman–Crippen MR) is 107 cm³/mol. The van der Waals surface area contributed by atoms with Gasteiger partial charge >= 0.3 is 0 Å². The third-order valence-corrected chi connectivity index (χ3v) is 4.87. The van der Waals surface area contributed by atoms with Crippen LogP contribution in [0.5, 0.6) is 0 Å². The number of benzene rings is 1. The van der Waals surface area contributed by atoms with E-state index in [1.165, 1.54) is 22.3 Å². The van der Waals surface area contributed by atoms with Crippen LogP contribution in [0.25, 0.3) is 0 Å². The van der Waals surface area contributed by atoms with Gasteiger partial charge in [-0.1, -0.05) is 80.1 Å². The van der Waals surface area contributed by atoms with E-state index in [1.54, 1.807) is 0 Å². The quantitative estimate of drug-likeness (QED) is 0.653. The standard InChI is InChI=1S/C19H23NS.C2H6/c1-14(2)13-21-19(16-9-5-4-6-10-16)17-12-15(3)8-7-11-18(17)20;1-2/h4-10,12,19H,1,11,13,20H2,2-3H3;1-2H3. The van der Waals surface area contributed by atoms with E-state index in [1.807, 2.05) is 25.6 Å². The molecule has 0 spiro atoms. The lowest BCUT2D eigenvalue weighted by Gasteiger charge is -2.21. The Morgan fingerprint density at radius 2 is 1.91 bits per heavy atom. The first-order chi connectivity index (χ1) is 11.1. The molecule has 1 aliphatic rings. The van der Waals surface area contributed by atoms with Gasteiger partial charge in [0.05, 0.1) is 5.25 Å². The van der Waals surface area contributed by atoms with Crippen LogP contribution < -0.4 is 5.73 Å². The summed E-state index contributed by atoms with van der Waals surface area (Å²) in [6.07, 6.45) is 7.33. The molecule has 1 aliphatic carbocycles. The Morgan fingerprint density at radius 1 is 1.26 bits per heavy atom. The number of nitrogens with two attached hydrogens (primary N) is 1. The van der Waals surface area contributed by atoms with Crippen molar-refractivity contribution in [1.29, 1.82) is 0 Å². The highest BCUT2D eigenvalue weighted by atomic mass is 32.2. The van der Waals surface area contributed by atoms with Crippen LogP contribution in [0.3, 0.4) is 0 Å². The minimum absolute atomic E-state index is 0.262. The van der Waals surface area contributed by atoms with Crippen LogP contribution in [0.15, 0.2) is 77.6 Å². The summed E-state index contributed by atoms with van der Waals surface area (Å²) in [7, 11) is 0. The molecule has 23 heavy (non-hydrogen) atoms. The molecular formula is C21H29NS. The van der Waals surface area contributed by atoms with Crippen molar-refractivity contribution in [1.82, 2.24) is 0 Å². The van der Waals surface area contributed by atoms with E-state index in [-0.39, 0.29) is 5.25 Å². The van der Waals surface area contributed by atoms with Crippen LogP contribution in [0.1, 0.15) is 44.9 Å². The van der Waals surface area contributed by atoms with E-state index in [2.05, 4.69) is 69.0 Å². The fraction of sp³-hybridized carbons (Fsp3) is 0.333. The van der Waals surface area contributed by atoms with Crippen LogP contribution >= 0.6 is 11.8 Å². The van der Waals surface area contributed by atoms with Gasteiger partial charge in [0.25, 0.3) is 0 Å². The molecular weight excluding hydrogens is 298 g/mol. The molecule has 1 aromatic rings. The molecule has 124 valence electrons. The maximum atomic E-state index is 6.33. The van der Waals surface area contributed by atoms with Gasteiger partial charge < -0.3 is 5.73 Å². The van der Waals surface area contributed by atoms with Crippen molar-refractivity contribution in [3.8, 4) is 0 Å². The second-order valence-electron chi connectivity index (χ2n) is 5.53. The average Bonchev–Trinajstić information content (AvgIpc) is 2.72. The topological polar surface area (TPSA) is 26.0 Å². The lowest BCUT2D eigenvalue weighted by molar-refractivity contribution is 1.05. The van der Waals surface area contributed by atoms with Gasteiger partial charge in [0, 0.05) is 17.9 Å². The Morgan fingerprint density at radius 3 is 2.52 bits per heavy atom. The molecule has 0 fully saturated rings. The van der Waals surface area contributed by atoms with Gasteiger partial charge in [-0.15, -0.1) is 11.8 Å². The second-order valence-corrected chi connectivity index (χ2v) is 6.63. The van der Waals surface area contributed by atoms with Crippen LogP contribution in [-0.2, 0) is 0 Å². The zero-order chi connectivity index (χ0) is 17.2. The normalized spacial score (nSPS) is 15.2. The summed E-state index contributed by atoms with van der Waals surface area (Å²) in [6.45, 7) is 12.2. The van der Waals surface area contributed by atoms with E-state index in [0.29, 0.717) is 0 Å². The van der Waals surface area contributed by atoms with Gasteiger partial charge in [0.2, 0.25) is 0 Å². The fourth-order valence-electron chi connectivity index (χ4n) is 2.34. The van der Waals surface area contributed by atoms with Crippen molar-refractivity contribution in [2.75, 3.05) is 5.75 Å². The van der Waals surface area contributed by atoms with E-state index in [0.717, 1.165) is 17.9 Å². The van der Waals surface area contributed by atoms with Crippen LogP contribution in [0.2, 0.25) is 0 Å². The Hall–Kier alpha value is -1.67. The molecule has 2 rings (SSSR count). The third-order valence-electron chi connectivity index (χ3n) is 3.35. The monoisotopic (exact) mass is 327 g/mol. The minimum Gasteiger partial charge on any atom is -0.402 e. The maximum Gasteiger partial charge on any atom is 0.0566 e. The molecule has 0 aromatic heterocycles. The van der Waals surface area contributed by atoms with Gasteiger partial charge in [0.1, 0.15) is 0 Å². The Balaban J connectivity index is 0.00000127. The smallest absolute Gasteiger partial charge is 0.0566 e. The molecule has 2 N–H and O–H groups in total. The summed E-state index contributed by atoms with van der Waals surface area (Å²) in [6, 6.07) is 10.6. The van der Waals surface area contributed by atoms with Crippen molar-refractivity contribution in [3.05, 3.63) is 83.1 Å². The summed E-state index contributed by atoms with van der Waals surface area (Å²) in [5.41, 5.74) is 12.3. The maximum absolute atomic E-state index is 6.33. The van der Waals surface area contributed by atoms with Crippen molar-refractivity contribution in [3.63, 3.8) is 0 Å². The van der Waals surface area contributed by atoms with Crippen LogP contribution in [0, 0.1) is 0 Å². The van der Waals surface area contributed by atoms with Gasteiger partial charge in [-0.2, -0.15) is 0 Å². The summed E-state index contributed by atoms with van der Waals surface area (Å²) < 4.78 is 0. The first-order valence-corrected chi connectivity index (χ1v) is 9.27. The molecule has 0 heterocycles. The molecule has 1 unspecified atom stereocenters. The molecule has 1 aromatic carbocycles. The predicted octanol–water partition coefficient (Wildman–Crippen LogP) is 6.18. The molecule has 0 bridgehead atoms. The molecule has 0 aliphatic heterocycles. The molecule has 0 radical (unpaired) electrons. The van der Waals surface area contributed by atoms with E-state index in [4.69, 9.17) is 5.73 Å². The Labute approximate surface area is 146 Å². The largest absolute Gasteiger partial charge is 0.402 e. The Kier molecular flexibility index (Phi) is 8.57. The molecule has 1 nitrogen and oxygen atoms in total. The Bertz CT molecular complexity index is 594. The molecule has 0 amide bonds. The van der Waals surface area contributed by atoms with Gasteiger partial charge in [0.15, 0.2) is 0 Å². The van der Waals surface area contributed by atoms with Crippen molar-refractivity contribution in [2.45, 2.75) is 39.4 Å². The lowest BCUT2D eigenvalue weighted by Crippen LogP contribution is -2.07. The minimum atomic E-state index is 0.262. The number of hydrogen-bond donors (Lipinski definition) is 1. The van der Waals surface area contributed by atoms with Gasteiger partial charge in [-0.25, -0.2) is 0 Å². The van der Waals surface area contributed by atoms with Crippen LogP contribution in [0.4, 0.5) is 0 Å². The van der Waals surface area contributed by atoms with Crippen molar-refractivity contribution < 1.29 is 0 Å². The highest BCUT2D eigenvalue weighted by Crippen LogP contribution is 2.39. The summed E-state index contributed by atoms with van der Waals surface area (Å²) >= 11 is 1.89. The number of thioether (sulfide) groups is 1. The van der Waals surface area contributed by atoms with E-state index >= 15 is 0 Å². The summed E-state index contributed by atoms with van der Waals surface area (Å²) in [5, 5.41) is 0.262. The zero-order valence-corrected chi connectivity index (χ0v) is 15.6. The van der Waals surface area contributed by atoms with Crippen molar-refractivity contribution in [2.24, 2.45) is 5.73 Å². The molecule has 0 saturated carbocycles. The summed E-state index contributed by atoms with van der Waals surface area (Å²) in [5.74, 6) is 0.941. The first kappa shape index (κ1) is 19.4. The lowest BCUT2D eigenvalue weighted by atomic mass is 10.0. The summed E-state index contributed by atoms with van der Waals surface area (Å²) in [4.78, 5) is 0. The second kappa shape index (κ2) is 10.2. The average molecular weight is 328 g/mol. The molecule has 2 heteroatoms. The number of hydrogen-bond acceptors (Lipinski definition) is 2. The third kappa shape index (κ3) is 6.15. The highest BCUT2D eigenvalue weighted by molar-refractivity contribution is 7.99. The number of allylic oxidation sites excluding steroid dienone is 4. The highest BCUT2D eigenvalue weighted by Gasteiger charge is 2.19. The van der Waals surface area contributed by atoms with Crippen LogP contribution in [-0.4, -0.2) is 5.75 Å². The number of rotatable bonds is 5. The van der Waals surface area contributed by atoms with Crippen molar-refractivity contribution >= 4 is 11.8 Å². The molecule has 0 saturated heterocycles. The van der Waals surface area contributed by atoms with E-state index < -0.39 is 0 Å². The molecule has 1 atom stereocenters. The van der Waals surface area contributed by atoms with Gasteiger partial charge in [-0.3, -0.25) is 0 Å². The fourth-order valence-corrected chi connectivity index (χ4v) is 3.54. The van der Waals surface area contributed by atoms with E-state index in [9.17, 15) is 0 Å². The van der Waals surface area contributed by atoms with Gasteiger partial charge in [-0.05, 0) is 25.0 Å². The SMILES string of the molecule is C=C(C)CSC(C1=C(N)CC=CC(C)=C1)c1ccccc1.CC. The zero-order valence-electron chi connectivity index (χ0n) is 14.8.